The molecule has 0 spiro atoms. The maximum absolute atomic E-state index is 13.0. The van der Waals surface area contributed by atoms with Crippen molar-refractivity contribution in [1.82, 2.24) is 15.8 Å². The van der Waals surface area contributed by atoms with E-state index in [1.807, 2.05) is 48.7 Å². The molecule has 122 valence electrons. The Morgan fingerprint density at radius 3 is 2.88 bits per heavy atom. The Morgan fingerprint density at radius 1 is 1.21 bits per heavy atom. The molecule has 3 heterocycles. The average Bonchev–Trinajstić information content (AvgIpc) is 3.10. The van der Waals surface area contributed by atoms with E-state index < -0.39 is 0 Å². The van der Waals surface area contributed by atoms with Crippen LogP contribution in [-0.2, 0) is 10.5 Å². The number of fused-ring (bicyclic) bond motifs is 1. The van der Waals surface area contributed by atoms with Gasteiger partial charge in [0, 0.05) is 24.7 Å². The van der Waals surface area contributed by atoms with Crippen LogP contribution in [0.5, 0.6) is 0 Å². The number of benzene rings is 1. The standard InChI is InChI=1S/C17H17N5OS/c23-16-14-10-19-21-15(14)20-17(22(16)13-6-2-1-3-7-13)24-11-12-5-4-8-18-9-12/h1-9,14-15,19,21H,10-11H2. The SMILES string of the molecule is O=C1C2CNNC2N=C(SCc2cccnc2)N1c1ccccc1. The molecule has 7 heteroatoms. The Labute approximate surface area is 144 Å². The average molecular weight is 339 g/mol. The molecule has 1 aromatic heterocycles. The number of pyridine rings is 1. The van der Waals surface area contributed by atoms with Crippen molar-refractivity contribution >= 4 is 28.5 Å². The summed E-state index contributed by atoms with van der Waals surface area (Å²) in [5, 5.41) is 0.715. The molecule has 2 aliphatic rings. The minimum absolute atomic E-state index is 0.0763. The van der Waals surface area contributed by atoms with Crippen LogP contribution >= 0.6 is 11.8 Å². The Balaban J connectivity index is 1.63. The number of aliphatic imine (C=N–C) groups is 1. The molecule has 2 N–H and O–H groups in total. The molecule has 2 atom stereocenters. The molecule has 0 bridgehead atoms. The summed E-state index contributed by atoms with van der Waals surface area (Å²) in [4.78, 5) is 23.6. The van der Waals surface area contributed by atoms with E-state index >= 15 is 0 Å². The summed E-state index contributed by atoms with van der Waals surface area (Å²) < 4.78 is 0. The number of hydrazine groups is 1. The summed E-state index contributed by atoms with van der Waals surface area (Å²) in [6.45, 7) is 0.594. The highest BCUT2D eigenvalue weighted by Gasteiger charge is 2.42. The van der Waals surface area contributed by atoms with Gasteiger partial charge in [-0.15, -0.1) is 0 Å². The van der Waals surface area contributed by atoms with E-state index in [2.05, 4.69) is 15.8 Å². The number of aromatic nitrogens is 1. The number of nitrogens with zero attached hydrogens (tertiary/aromatic N) is 3. The Bertz CT molecular complexity index is 752. The van der Waals surface area contributed by atoms with Crippen LogP contribution in [0.4, 0.5) is 5.69 Å². The lowest BCUT2D eigenvalue weighted by atomic mass is 10.1. The number of thioether (sulfide) groups is 1. The lowest BCUT2D eigenvalue weighted by Gasteiger charge is -2.32. The van der Waals surface area contributed by atoms with Crippen LogP contribution in [-0.4, -0.2) is 28.8 Å². The van der Waals surface area contributed by atoms with Gasteiger partial charge in [-0.05, 0) is 23.8 Å². The monoisotopic (exact) mass is 339 g/mol. The fourth-order valence-corrected chi connectivity index (χ4v) is 3.79. The zero-order valence-electron chi connectivity index (χ0n) is 12.9. The third-order valence-corrected chi connectivity index (χ3v) is 5.06. The smallest absolute Gasteiger partial charge is 0.241 e. The third-order valence-electron chi connectivity index (χ3n) is 4.04. The van der Waals surface area contributed by atoms with Crippen LogP contribution in [0.2, 0.25) is 0 Å². The van der Waals surface area contributed by atoms with Gasteiger partial charge in [-0.25, -0.2) is 10.4 Å². The van der Waals surface area contributed by atoms with Gasteiger partial charge in [0.25, 0.3) is 0 Å². The number of nitrogens with one attached hydrogen (secondary N) is 2. The van der Waals surface area contributed by atoms with Crippen LogP contribution in [0.15, 0.2) is 59.9 Å². The summed E-state index contributed by atoms with van der Waals surface area (Å²) in [6.07, 6.45) is 3.39. The predicted octanol–water partition coefficient (Wildman–Crippen LogP) is 1.77. The van der Waals surface area contributed by atoms with Crippen LogP contribution in [0.3, 0.4) is 0 Å². The molecular formula is C17H17N5OS. The van der Waals surface area contributed by atoms with Gasteiger partial charge in [-0.1, -0.05) is 36.0 Å². The molecule has 1 saturated heterocycles. The normalized spacial score (nSPS) is 23.1. The summed E-state index contributed by atoms with van der Waals surface area (Å²) in [5.41, 5.74) is 8.07. The molecule has 4 rings (SSSR count). The maximum atomic E-state index is 13.0. The number of carbonyl (C=O) groups excluding carboxylic acids is 1. The van der Waals surface area contributed by atoms with Crippen molar-refractivity contribution in [2.75, 3.05) is 11.4 Å². The molecule has 1 aromatic carbocycles. The first kappa shape index (κ1) is 15.3. The molecule has 0 saturated carbocycles. The highest BCUT2D eigenvalue weighted by Crippen LogP contribution is 2.30. The molecule has 0 radical (unpaired) electrons. The van der Waals surface area contributed by atoms with Gasteiger partial charge < -0.3 is 0 Å². The number of hydrogen-bond acceptors (Lipinski definition) is 6. The van der Waals surface area contributed by atoms with E-state index in [0.717, 1.165) is 11.3 Å². The highest BCUT2D eigenvalue weighted by molar-refractivity contribution is 8.13. The van der Waals surface area contributed by atoms with E-state index in [4.69, 9.17) is 4.99 Å². The van der Waals surface area contributed by atoms with Crippen molar-refractivity contribution in [3.63, 3.8) is 0 Å². The largest absolute Gasteiger partial charge is 0.274 e. The van der Waals surface area contributed by atoms with Crippen LogP contribution in [0.1, 0.15) is 5.56 Å². The van der Waals surface area contributed by atoms with Gasteiger partial charge in [0.05, 0.1) is 11.6 Å². The number of anilines is 1. The lowest BCUT2D eigenvalue weighted by molar-refractivity contribution is -0.121. The first-order valence-electron chi connectivity index (χ1n) is 7.80. The first-order valence-corrected chi connectivity index (χ1v) is 8.78. The fraction of sp³-hybridized carbons (Fsp3) is 0.235. The van der Waals surface area contributed by atoms with Crippen molar-refractivity contribution < 1.29 is 4.79 Å². The highest BCUT2D eigenvalue weighted by atomic mass is 32.2. The third kappa shape index (κ3) is 2.93. The number of amidine groups is 1. The van der Waals surface area contributed by atoms with E-state index in [1.165, 1.54) is 0 Å². The minimum atomic E-state index is -0.200. The number of carbonyl (C=O) groups is 1. The molecule has 1 fully saturated rings. The second-order valence-electron chi connectivity index (χ2n) is 5.65. The van der Waals surface area contributed by atoms with Gasteiger partial charge in [0.2, 0.25) is 5.91 Å². The van der Waals surface area contributed by atoms with Gasteiger partial charge in [0.15, 0.2) is 5.17 Å². The second kappa shape index (κ2) is 6.72. The number of rotatable bonds is 3. The molecule has 1 amide bonds. The Hall–Kier alpha value is -2.22. The zero-order chi connectivity index (χ0) is 16.4. The molecular weight excluding hydrogens is 322 g/mol. The minimum Gasteiger partial charge on any atom is -0.274 e. The molecule has 2 aromatic rings. The summed E-state index contributed by atoms with van der Waals surface area (Å²) in [7, 11) is 0. The quantitative estimate of drug-likeness (QED) is 0.892. The van der Waals surface area contributed by atoms with Gasteiger partial charge >= 0.3 is 0 Å². The number of hydrogen-bond donors (Lipinski definition) is 2. The molecule has 0 aliphatic carbocycles. The summed E-state index contributed by atoms with van der Waals surface area (Å²) >= 11 is 1.55. The zero-order valence-corrected chi connectivity index (χ0v) is 13.7. The van der Waals surface area contributed by atoms with Crippen molar-refractivity contribution in [2.24, 2.45) is 10.9 Å². The van der Waals surface area contributed by atoms with E-state index in [-0.39, 0.29) is 18.0 Å². The van der Waals surface area contributed by atoms with Crippen molar-refractivity contribution in [3.05, 3.63) is 60.4 Å². The maximum Gasteiger partial charge on any atom is 0.241 e. The van der Waals surface area contributed by atoms with Gasteiger partial charge in [-0.2, -0.15) is 0 Å². The topological polar surface area (TPSA) is 69.6 Å². The molecule has 6 nitrogen and oxygen atoms in total. The van der Waals surface area contributed by atoms with E-state index in [0.29, 0.717) is 17.5 Å². The Kier molecular flexibility index (Phi) is 4.29. The van der Waals surface area contributed by atoms with Crippen LogP contribution < -0.4 is 15.8 Å². The van der Waals surface area contributed by atoms with Crippen molar-refractivity contribution in [3.8, 4) is 0 Å². The summed E-state index contributed by atoms with van der Waals surface area (Å²) in [5.74, 6) is 0.619. The Morgan fingerprint density at radius 2 is 2.08 bits per heavy atom. The molecule has 2 unspecified atom stereocenters. The van der Waals surface area contributed by atoms with Gasteiger partial charge in [0.1, 0.15) is 6.17 Å². The molecule has 2 aliphatic heterocycles. The lowest BCUT2D eigenvalue weighted by Crippen LogP contribution is -2.49. The number of para-hydroxylation sites is 1. The van der Waals surface area contributed by atoms with Crippen LogP contribution in [0, 0.1) is 5.92 Å². The second-order valence-corrected chi connectivity index (χ2v) is 6.59. The summed E-state index contributed by atoms with van der Waals surface area (Å²) in [6, 6.07) is 13.6. The van der Waals surface area contributed by atoms with E-state index in [1.54, 1.807) is 22.9 Å². The fourth-order valence-electron chi connectivity index (χ4n) is 2.82. The van der Waals surface area contributed by atoms with Crippen molar-refractivity contribution in [1.29, 1.82) is 0 Å². The molecule has 24 heavy (non-hydrogen) atoms. The predicted molar refractivity (Wildman–Crippen MR) is 95.3 cm³/mol. The van der Waals surface area contributed by atoms with Crippen LogP contribution in [0.25, 0.3) is 0 Å². The number of amides is 1. The van der Waals surface area contributed by atoms with Gasteiger partial charge in [-0.3, -0.25) is 20.1 Å². The first-order chi connectivity index (χ1) is 11.8. The van der Waals surface area contributed by atoms with E-state index in [9.17, 15) is 4.79 Å². The van der Waals surface area contributed by atoms with Crippen molar-refractivity contribution in [2.45, 2.75) is 11.9 Å².